The normalized spacial score (nSPS) is 12.3. The zero-order valence-corrected chi connectivity index (χ0v) is 11.9. The summed E-state index contributed by atoms with van der Waals surface area (Å²) in [6, 6.07) is 0. The van der Waals surface area contributed by atoms with Crippen LogP contribution in [0.5, 0.6) is 5.88 Å². The third-order valence-electron chi connectivity index (χ3n) is 2.57. The molecule has 0 fully saturated rings. The highest BCUT2D eigenvalue weighted by atomic mass is 16.5. The predicted molar refractivity (Wildman–Crippen MR) is 72.3 cm³/mol. The van der Waals surface area contributed by atoms with Gasteiger partial charge in [-0.2, -0.15) is 4.98 Å². The maximum Gasteiger partial charge on any atom is 0.222 e. The second-order valence-corrected chi connectivity index (χ2v) is 4.11. The molecule has 0 aliphatic heterocycles. The van der Waals surface area contributed by atoms with Crippen molar-refractivity contribution in [3.63, 3.8) is 0 Å². The molecule has 1 aromatic rings. The number of aryl methyl sites for hydroxylation is 1. The third kappa shape index (κ3) is 3.84. The van der Waals surface area contributed by atoms with Gasteiger partial charge >= 0.3 is 0 Å². The largest absolute Gasteiger partial charge is 0.472 e. The van der Waals surface area contributed by atoms with Gasteiger partial charge in [-0.15, -0.1) is 0 Å². The first-order valence-corrected chi connectivity index (χ1v) is 6.41. The number of aromatic nitrogens is 2. The lowest BCUT2D eigenvalue weighted by atomic mass is 10.3. The first-order chi connectivity index (χ1) is 8.62. The molecular formula is C13H23N3O2. The van der Waals surface area contributed by atoms with E-state index in [1.807, 2.05) is 34.7 Å². The Balaban J connectivity index is 2.86. The third-order valence-corrected chi connectivity index (χ3v) is 2.57. The molecule has 0 bridgehead atoms. The Hall–Kier alpha value is -1.36. The van der Waals surface area contributed by atoms with Gasteiger partial charge in [-0.05, 0) is 20.8 Å². The summed E-state index contributed by atoms with van der Waals surface area (Å²) in [5.74, 6) is 2.24. The standard InChI is InChI=1S/C13H23N3O2/c1-6-11-15-12(14-5)10(4)13(16-11)18-9(3)8-17-7-2/h9H,6-8H2,1-5H3,(H,14,15,16). The zero-order chi connectivity index (χ0) is 13.5. The van der Waals surface area contributed by atoms with Gasteiger partial charge in [0.2, 0.25) is 5.88 Å². The molecule has 0 radical (unpaired) electrons. The van der Waals surface area contributed by atoms with Crippen LogP contribution in [0.3, 0.4) is 0 Å². The summed E-state index contributed by atoms with van der Waals surface area (Å²) in [6.45, 7) is 9.18. The number of ether oxygens (including phenoxy) is 2. The van der Waals surface area contributed by atoms with Gasteiger partial charge in [0.1, 0.15) is 17.7 Å². The van der Waals surface area contributed by atoms with E-state index >= 15 is 0 Å². The van der Waals surface area contributed by atoms with Crippen molar-refractivity contribution in [1.82, 2.24) is 9.97 Å². The highest BCUT2D eigenvalue weighted by Gasteiger charge is 2.13. The molecule has 1 N–H and O–H groups in total. The van der Waals surface area contributed by atoms with Crippen LogP contribution in [0.4, 0.5) is 5.82 Å². The summed E-state index contributed by atoms with van der Waals surface area (Å²) in [5, 5.41) is 3.06. The van der Waals surface area contributed by atoms with Crippen molar-refractivity contribution in [2.45, 2.75) is 40.2 Å². The molecule has 1 unspecified atom stereocenters. The van der Waals surface area contributed by atoms with Crippen molar-refractivity contribution in [1.29, 1.82) is 0 Å². The summed E-state index contributed by atoms with van der Waals surface area (Å²) in [6.07, 6.45) is 0.762. The first-order valence-electron chi connectivity index (χ1n) is 6.41. The van der Waals surface area contributed by atoms with Crippen LogP contribution in [0.15, 0.2) is 0 Å². The van der Waals surface area contributed by atoms with E-state index in [4.69, 9.17) is 9.47 Å². The Kier molecular flexibility index (Phi) is 5.85. The molecule has 1 aromatic heterocycles. The van der Waals surface area contributed by atoms with E-state index in [9.17, 15) is 0 Å². The second kappa shape index (κ2) is 7.16. The summed E-state index contributed by atoms with van der Waals surface area (Å²) in [5.41, 5.74) is 0.929. The van der Waals surface area contributed by atoms with Gasteiger partial charge < -0.3 is 14.8 Å². The van der Waals surface area contributed by atoms with Gasteiger partial charge in [0, 0.05) is 20.1 Å². The van der Waals surface area contributed by atoms with Crippen LogP contribution < -0.4 is 10.1 Å². The van der Waals surface area contributed by atoms with Crippen LogP contribution >= 0.6 is 0 Å². The fourth-order valence-corrected chi connectivity index (χ4v) is 1.56. The first kappa shape index (κ1) is 14.7. The number of nitrogens with zero attached hydrogens (tertiary/aromatic N) is 2. The van der Waals surface area contributed by atoms with Gasteiger partial charge in [-0.25, -0.2) is 4.98 Å². The summed E-state index contributed by atoms with van der Waals surface area (Å²) in [4.78, 5) is 8.82. The fraction of sp³-hybridized carbons (Fsp3) is 0.692. The molecule has 0 spiro atoms. The maximum absolute atomic E-state index is 5.82. The predicted octanol–water partition coefficient (Wildman–Crippen LogP) is 2.19. The molecule has 102 valence electrons. The van der Waals surface area contributed by atoms with Crippen LogP contribution in [-0.4, -0.2) is 36.3 Å². The van der Waals surface area contributed by atoms with Crippen molar-refractivity contribution in [2.75, 3.05) is 25.6 Å². The molecule has 1 heterocycles. The van der Waals surface area contributed by atoms with Crippen LogP contribution in [-0.2, 0) is 11.2 Å². The van der Waals surface area contributed by atoms with E-state index in [0.717, 1.165) is 23.6 Å². The van der Waals surface area contributed by atoms with E-state index < -0.39 is 0 Å². The lowest BCUT2D eigenvalue weighted by Gasteiger charge is -2.17. The monoisotopic (exact) mass is 253 g/mol. The van der Waals surface area contributed by atoms with Gasteiger partial charge in [0.05, 0.1) is 12.2 Å². The molecule has 0 aliphatic carbocycles. The Labute approximate surface area is 109 Å². The molecule has 1 rings (SSSR count). The highest BCUT2D eigenvalue weighted by molar-refractivity contribution is 5.48. The minimum atomic E-state index is -0.0204. The van der Waals surface area contributed by atoms with Gasteiger partial charge in [0.25, 0.3) is 0 Å². The number of hydrogen-bond acceptors (Lipinski definition) is 5. The zero-order valence-electron chi connectivity index (χ0n) is 11.9. The molecule has 0 aliphatic rings. The van der Waals surface area contributed by atoms with E-state index in [-0.39, 0.29) is 6.10 Å². The maximum atomic E-state index is 5.82. The van der Waals surface area contributed by atoms with E-state index in [1.54, 1.807) is 0 Å². The summed E-state index contributed by atoms with van der Waals surface area (Å²) >= 11 is 0. The lowest BCUT2D eigenvalue weighted by Crippen LogP contribution is -2.21. The molecule has 1 atom stereocenters. The highest BCUT2D eigenvalue weighted by Crippen LogP contribution is 2.22. The molecule has 0 saturated heterocycles. The smallest absolute Gasteiger partial charge is 0.222 e. The van der Waals surface area contributed by atoms with Crippen molar-refractivity contribution in [3.8, 4) is 5.88 Å². The van der Waals surface area contributed by atoms with Crippen molar-refractivity contribution in [2.24, 2.45) is 0 Å². The molecule has 5 heteroatoms. The fourth-order valence-electron chi connectivity index (χ4n) is 1.56. The van der Waals surface area contributed by atoms with E-state index in [2.05, 4.69) is 15.3 Å². The second-order valence-electron chi connectivity index (χ2n) is 4.11. The average molecular weight is 253 g/mol. The minimum absolute atomic E-state index is 0.0204. The molecular weight excluding hydrogens is 230 g/mol. The topological polar surface area (TPSA) is 56.3 Å². The van der Waals surface area contributed by atoms with Gasteiger partial charge in [-0.1, -0.05) is 6.92 Å². The van der Waals surface area contributed by atoms with Crippen LogP contribution in [0, 0.1) is 6.92 Å². The Morgan fingerprint density at radius 1 is 1.28 bits per heavy atom. The summed E-state index contributed by atoms with van der Waals surface area (Å²) in [7, 11) is 1.85. The van der Waals surface area contributed by atoms with Gasteiger partial charge in [-0.3, -0.25) is 0 Å². The quantitative estimate of drug-likeness (QED) is 0.807. The minimum Gasteiger partial charge on any atom is -0.472 e. The lowest BCUT2D eigenvalue weighted by molar-refractivity contribution is 0.0628. The number of anilines is 1. The molecule has 0 saturated carbocycles. The number of nitrogens with one attached hydrogen (secondary N) is 1. The van der Waals surface area contributed by atoms with Crippen LogP contribution in [0.25, 0.3) is 0 Å². The Bertz CT molecular complexity index is 383. The average Bonchev–Trinajstić information content (AvgIpc) is 2.38. The SMILES string of the molecule is CCOCC(C)Oc1nc(CC)nc(NC)c1C. The summed E-state index contributed by atoms with van der Waals surface area (Å²) < 4.78 is 11.2. The van der Waals surface area contributed by atoms with Gasteiger partial charge in [0.15, 0.2) is 0 Å². The van der Waals surface area contributed by atoms with E-state index in [0.29, 0.717) is 19.1 Å². The molecule has 5 nitrogen and oxygen atoms in total. The van der Waals surface area contributed by atoms with Crippen molar-refractivity contribution >= 4 is 5.82 Å². The molecule has 0 amide bonds. The number of hydrogen-bond donors (Lipinski definition) is 1. The number of rotatable bonds is 7. The molecule has 0 aromatic carbocycles. The van der Waals surface area contributed by atoms with Crippen molar-refractivity contribution in [3.05, 3.63) is 11.4 Å². The Morgan fingerprint density at radius 2 is 2.00 bits per heavy atom. The molecule has 18 heavy (non-hydrogen) atoms. The van der Waals surface area contributed by atoms with Crippen molar-refractivity contribution < 1.29 is 9.47 Å². The Morgan fingerprint density at radius 3 is 2.56 bits per heavy atom. The van der Waals surface area contributed by atoms with Crippen LogP contribution in [0.2, 0.25) is 0 Å². The van der Waals surface area contributed by atoms with Crippen LogP contribution in [0.1, 0.15) is 32.2 Å². The van der Waals surface area contributed by atoms with E-state index in [1.165, 1.54) is 0 Å².